The average Bonchev–Trinajstić information content (AvgIpc) is 2.64. The number of sulfone groups is 1. The number of halogens is 3. The van der Waals surface area contributed by atoms with Crippen LogP contribution in [0.1, 0.15) is 11.1 Å². The molecule has 4 nitrogen and oxygen atoms in total. The van der Waals surface area contributed by atoms with Gasteiger partial charge in [-0.05, 0) is 29.7 Å². The molecular formula is C19H18F3NO3S. The summed E-state index contributed by atoms with van der Waals surface area (Å²) in [5.41, 5.74) is 1.43. The first-order chi connectivity index (χ1) is 12.7. The normalized spacial score (nSPS) is 12.3. The Morgan fingerprint density at radius 3 is 2.41 bits per heavy atom. The lowest BCUT2D eigenvalue weighted by Crippen LogP contribution is -2.36. The molecule has 8 heteroatoms. The molecule has 0 aliphatic heterocycles. The summed E-state index contributed by atoms with van der Waals surface area (Å²) in [5.74, 6) is -2.07. The third-order valence-electron chi connectivity index (χ3n) is 3.67. The standard InChI is InChI=1S/C19H18F3NO3S/c20-19(21,22)18(24)23-12-5-9-16-8-4-10-17(14-16)27(25,26)13-11-15-6-2-1-3-7-15/h1-10,14H,11-13H2,(H,23,24)/b9-5+. The summed E-state index contributed by atoms with van der Waals surface area (Å²) in [6.07, 6.45) is -1.78. The van der Waals surface area contributed by atoms with Gasteiger partial charge in [-0.25, -0.2) is 8.42 Å². The van der Waals surface area contributed by atoms with Crippen molar-refractivity contribution in [2.45, 2.75) is 17.5 Å². The largest absolute Gasteiger partial charge is 0.471 e. The fourth-order valence-corrected chi connectivity index (χ4v) is 3.61. The lowest BCUT2D eigenvalue weighted by molar-refractivity contribution is -0.173. The maximum atomic E-state index is 12.5. The molecule has 0 fully saturated rings. The summed E-state index contributed by atoms with van der Waals surface area (Å²) in [4.78, 5) is 10.8. The highest BCUT2D eigenvalue weighted by Crippen LogP contribution is 2.16. The number of nitrogens with one attached hydrogen (secondary N) is 1. The van der Waals surface area contributed by atoms with E-state index in [2.05, 4.69) is 0 Å². The summed E-state index contributed by atoms with van der Waals surface area (Å²) in [6, 6.07) is 15.3. The van der Waals surface area contributed by atoms with Crippen LogP contribution in [0.25, 0.3) is 6.08 Å². The molecular weight excluding hydrogens is 379 g/mol. The first kappa shape index (κ1) is 20.7. The number of rotatable bonds is 7. The average molecular weight is 397 g/mol. The number of aryl methyl sites for hydroxylation is 1. The zero-order valence-corrected chi connectivity index (χ0v) is 15.1. The van der Waals surface area contributed by atoms with Crippen LogP contribution in [0.2, 0.25) is 0 Å². The summed E-state index contributed by atoms with van der Waals surface area (Å²) in [7, 11) is -3.50. The summed E-state index contributed by atoms with van der Waals surface area (Å²) in [6.45, 7) is -0.316. The second-order valence-corrected chi connectivity index (χ2v) is 7.85. The number of amides is 1. The van der Waals surface area contributed by atoms with Crippen molar-refractivity contribution in [1.82, 2.24) is 5.32 Å². The van der Waals surface area contributed by atoms with E-state index in [0.717, 1.165) is 5.56 Å². The van der Waals surface area contributed by atoms with Crippen molar-refractivity contribution < 1.29 is 26.4 Å². The molecule has 0 atom stereocenters. The van der Waals surface area contributed by atoms with Crippen LogP contribution >= 0.6 is 0 Å². The molecule has 1 N–H and O–H groups in total. The lowest BCUT2D eigenvalue weighted by Gasteiger charge is -2.06. The number of hydrogen-bond donors (Lipinski definition) is 1. The van der Waals surface area contributed by atoms with Gasteiger partial charge >= 0.3 is 12.1 Å². The van der Waals surface area contributed by atoms with Crippen LogP contribution in [-0.4, -0.2) is 32.8 Å². The van der Waals surface area contributed by atoms with Crippen LogP contribution in [0.4, 0.5) is 13.2 Å². The molecule has 0 aliphatic carbocycles. The van der Waals surface area contributed by atoms with E-state index in [1.165, 1.54) is 24.3 Å². The number of alkyl halides is 3. The van der Waals surface area contributed by atoms with Gasteiger partial charge in [-0.15, -0.1) is 0 Å². The molecule has 27 heavy (non-hydrogen) atoms. The molecule has 0 saturated carbocycles. The predicted molar refractivity (Wildman–Crippen MR) is 96.7 cm³/mol. The molecule has 0 spiro atoms. The number of benzene rings is 2. The lowest BCUT2D eigenvalue weighted by atomic mass is 10.2. The van der Waals surface area contributed by atoms with Crippen LogP contribution in [-0.2, 0) is 21.1 Å². The zero-order valence-electron chi connectivity index (χ0n) is 14.2. The monoisotopic (exact) mass is 397 g/mol. The highest BCUT2D eigenvalue weighted by Gasteiger charge is 2.37. The topological polar surface area (TPSA) is 63.2 Å². The van der Waals surface area contributed by atoms with Gasteiger partial charge in [-0.1, -0.05) is 54.6 Å². The van der Waals surface area contributed by atoms with Crippen molar-refractivity contribution in [3.8, 4) is 0 Å². The van der Waals surface area contributed by atoms with Crippen molar-refractivity contribution in [2.24, 2.45) is 0 Å². The van der Waals surface area contributed by atoms with Gasteiger partial charge in [-0.2, -0.15) is 13.2 Å². The molecule has 2 aromatic carbocycles. The molecule has 0 bridgehead atoms. The van der Waals surface area contributed by atoms with E-state index in [4.69, 9.17) is 0 Å². The molecule has 0 heterocycles. The zero-order chi connectivity index (χ0) is 19.9. The second kappa shape index (κ2) is 8.85. The van der Waals surface area contributed by atoms with Crippen LogP contribution in [0.5, 0.6) is 0 Å². The summed E-state index contributed by atoms with van der Waals surface area (Å²) in [5, 5.41) is 1.71. The SMILES string of the molecule is O=C(NC/C=C/c1cccc(S(=O)(=O)CCc2ccccc2)c1)C(F)(F)F. The van der Waals surface area contributed by atoms with E-state index in [9.17, 15) is 26.4 Å². The van der Waals surface area contributed by atoms with Gasteiger partial charge in [0.25, 0.3) is 0 Å². The Hall–Kier alpha value is -2.61. The van der Waals surface area contributed by atoms with E-state index in [-0.39, 0.29) is 17.2 Å². The second-order valence-electron chi connectivity index (χ2n) is 5.74. The van der Waals surface area contributed by atoms with Crippen LogP contribution in [0, 0.1) is 0 Å². The van der Waals surface area contributed by atoms with E-state index < -0.39 is 21.9 Å². The fraction of sp³-hybridized carbons (Fsp3) is 0.211. The third kappa shape index (κ3) is 6.56. The Kier molecular flexibility index (Phi) is 6.79. The van der Waals surface area contributed by atoms with E-state index in [1.54, 1.807) is 17.4 Å². The first-order valence-electron chi connectivity index (χ1n) is 8.07. The molecule has 2 aromatic rings. The molecule has 0 aliphatic rings. The molecule has 144 valence electrons. The van der Waals surface area contributed by atoms with Crippen molar-refractivity contribution in [2.75, 3.05) is 12.3 Å². The van der Waals surface area contributed by atoms with Gasteiger partial charge in [0.15, 0.2) is 9.84 Å². The molecule has 0 aromatic heterocycles. The van der Waals surface area contributed by atoms with Crippen molar-refractivity contribution in [3.63, 3.8) is 0 Å². The smallest absolute Gasteiger partial charge is 0.345 e. The molecule has 2 rings (SSSR count). The minimum absolute atomic E-state index is 0.0498. The van der Waals surface area contributed by atoms with E-state index in [0.29, 0.717) is 12.0 Å². The number of carbonyl (C=O) groups excluding carboxylic acids is 1. The Bertz CT molecular complexity index is 907. The van der Waals surface area contributed by atoms with Gasteiger partial charge in [0.05, 0.1) is 10.6 Å². The van der Waals surface area contributed by atoms with Gasteiger partial charge in [0.1, 0.15) is 0 Å². The predicted octanol–water partition coefficient (Wildman–Crippen LogP) is 3.39. The van der Waals surface area contributed by atoms with Gasteiger partial charge < -0.3 is 5.32 Å². The van der Waals surface area contributed by atoms with Crippen LogP contribution in [0.15, 0.2) is 65.6 Å². The Labute approximate surface area is 155 Å². The van der Waals surface area contributed by atoms with Gasteiger partial charge in [-0.3, -0.25) is 4.79 Å². The van der Waals surface area contributed by atoms with Crippen molar-refractivity contribution in [1.29, 1.82) is 0 Å². The maximum Gasteiger partial charge on any atom is 0.471 e. The minimum atomic E-state index is -4.93. The van der Waals surface area contributed by atoms with Gasteiger partial charge in [0, 0.05) is 6.54 Å². The van der Waals surface area contributed by atoms with Crippen LogP contribution in [0.3, 0.4) is 0 Å². The molecule has 1 amide bonds. The Morgan fingerprint density at radius 2 is 1.74 bits per heavy atom. The molecule has 0 radical (unpaired) electrons. The van der Waals surface area contributed by atoms with Crippen molar-refractivity contribution >= 4 is 21.8 Å². The molecule has 0 unspecified atom stereocenters. The molecule has 0 saturated heterocycles. The minimum Gasteiger partial charge on any atom is -0.345 e. The number of hydrogen-bond acceptors (Lipinski definition) is 3. The quantitative estimate of drug-likeness (QED) is 0.779. The van der Waals surface area contributed by atoms with Crippen LogP contribution < -0.4 is 5.32 Å². The Balaban J connectivity index is 1.99. The first-order valence-corrected chi connectivity index (χ1v) is 9.72. The van der Waals surface area contributed by atoms with Gasteiger partial charge in [0.2, 0.25) is 0 Å². The van der Waals surface area contributed by atoms with E-state index in [1.807, 2.05) is 30.3 Å². The maximum absolute atomic E-state index is 12.5. The van der Waals surface area contributed by atoms with E-state index >= 15 is 0 Å². The summed E-state index contributed by atoms with van der Waals surface area (Å²) < 4.78 is 61.2. The fourth-order valence-electron chi connectivity index (χ4n) is 2.27. The highest BCUT2D eigenvalue weighted by molar-refractivity contribution is 7.91. The summed E-state index contributed by atoms with van der Waals surface area (Å²) >= 11 is 0. The highest BCUT2D eigenvalue weighted by atomic mass is 32.2. The Morgan fingerprint density at radius 1 is 1.04 bits per heavy atom. The number of carbonyl (C=O) groups is 1. The van der Waals surface area contributed by atoms with Crippen molar-refractivity contribution in [3.05, 3.63) is 71.8 Å². The third-order valence-corrected chi connectivity index (χ3v) is 5.38.